The van der Waals surface area contributed by atoms with Crippen LogP contribution in [0.2, 0.25) is 0 Å². The number of hydrogen-bond donors (Lipinski definition) is 1. The lowest BCUT2D eigenvalue weighted by molar-refractivity contribution is -0.137. The smallest absolute Gasteiger partial charge is 0.316 e. The zero-order valence-corrected chi connectivity index (χ0v) is 18.7. The van der Waals surface area contributed by atoms with Crippen LogP contribution in [0.15, 0.2) is 28.6 Å². The summed E-state index contributed by atoms with van der Waals surface area (Å²) in [6.45, 7) is 2.03. The third-order valence-corrected chi connectivity index (χ3v) is 6.87. The second kappa shape index (κ2) is 10.6. The van der Waals surface area contributed by atoms with Gasteiger partial charge in [-0.15, -0.1) is 10.2 Å². The maximum atomic E-state index is 12.2. The maximum Gasteiger partial charge on any atom is 0.316 e. The highest BCUT2D eigenvalue weighted by Gasteiger charge is 2.19. The molecule has 0 spiro atoms. The van der Waals surface area contributed by atoms with Crippen LogP contribution in [0.25, 0.3) is 0 Å². The van der Waals surface area contributed by atoms with Crippen LogP contribution in [0.3, 0.4) is 0 Å². The van der Waals surface area contributed by atoms with Gasteiger partial charge in [-0.1, -0.05) is 41.3 Å². The maximum absolute atomic E-state index is 12.2. The number of amides is 1. The molecule has 2 aromatic rings. The third-order valence-electron chi connectivity index (χ3n) is 3.74. The molecule has 1 N–H and O–H groups in total. The van der Waals surface area contributed by atoms with Gasteiger partial charge in [-0.2, -0.15) is 0 Å². The Balaban J connectivity index is 1.88. The van der Waals surface area contributed by atoms with E-state index in [2.05, 4.69) is 20.3 Å². The van der Waals surface area contributed by atoms with Crippen LogP contribution in [0, 0.1) is 6.92 Å². The predicted molar refractivity (Wildman–Crippen MR) is 114 cm³/mol. The molecular formula is C17H22N4O5S3. The highest BCUT2D eigenvalue weighted by Crippen LogP contribution is 2.26. The Morgan fingerprint density at radius 2 is 2.00 bits per heavy atom. The van der Waals surface area contributed by atoms with E-state index in [9.17, 15) is 18.0 Å². The largest absolute Gasteiger partial charge is 0.468 e. The number of thioether (sulfide) groups is 1. The summed E-state index contributed by atoms with van der Waals surface area (Å²) >= 11 is 2.32. The number of rotatable bonds is 10. The fourth-order valence-corrected chi connectivity index (χ4v) is 4.99. The molecule has 0 aliphatic heterocycles. The third kappa shape index (κ3) is 7.29. The topological polar surface area (TPSA) is 119 Å². The average Bonchev–Trinajstić information content (AvgIpc) is 3.10. The van der Waals surface area contributed by atoms with Gasteiger partial charge in [0.15, 0.2) is 4.34 Å². The molecule has 1 aromatic heterocycles. The summed E-state index contributed by atoms with van der Waals surface area (Å²) in [5.74, 6) is -0.553. The predicted octanol–water partition coefficient (Wildman–Crippen LogP) is 2.30. The van der Waals surface area contributed by atoms with Crippen LogP contribution >= 0.6 is 23.1 Å². The summed E-state index contributed by atoms with van der Waals surface area (Å²) in [4.78, 5) is 23.3. The van der Waals surface area contributed by atoms with Gasteiger partial charge < -0.3 is 10.1 Å². The van der Waals surface area contributed by atoms with E-state index in [-0.39, 0.29) is 30.6 Å². The number of hydrogen-bond acceptors (Lipinski definition) is 9. The summed E-state index contributed by atoms with van der Waals surface area (Å²) in [5, 5.41) is 10.7. The van der Waals surface area contributed by atoms with Crippen molar-refractivity contribution < 1.29 is 22.7 Å². The van der Waals surface area contributed by atoms with Crippen molar-refractivity contribution in [1.82, 2.24) is 10.2 Å². The van der Waals surface area contributed by atoms with E-state index in [1.807, 2.05) is 19.1 Å². The molecule has 0 unspecified atom stereocenters. The quantitative estimate of drug-likeness (QED) is 0.327. The summed E-state index contributed by atoms with van der Waals surface area (Å²) < 4.78 is 30.7. The second-order valence-corrected chi connectivity index (χ2v) is 10.1. The molecule has 9 nitrogen and oxygen atoms in total. The highest BCUT2D eigenvalue weighted by molar-refractivity contribution is 8.01. The lowest BCUT2D eigenvalue weighted by Crippen LogP contribution is -2.32. The number of nitrogens with one attached hydrogen (secondary N) is 1. The number of carbonyl (C=O) groups excluding carboxylic acids is 2. The van der Waals surface area contributed by atoms with E-state index in [0.717, 1.165) is 23.2 Å². The van der Waals surface area contributed by atoms with Crippen LogP contribution in [0.4, 0.5) is 10.8 Å². The fraction of sp³-hybridized carbons (Fsp3) is 0.412. The number of ether oxygens (including phenoxy) is 1. The molecule has 12 heteroatoms. The van der Waals surface area contributed by atoms with Crippen LogP contribution in [0.5, 0.6) is 0 Å². The molecule has 29 heavy (non-hydrogen) atoms. The Morgan fingerprint density at radius 3 is 2.66 bits per heavy atom. The summed E-state index contributed by atoms with van der Waals surface area (Å²) in [6, 6.07) is 7.20. The number of benzene rings is 1. The van der Waals surface area contributed by atoms with E-state index >= 15 is 0 Å². The first kappa shape index (κ1) is 23.1. The summed E-state index contributed by atoms with van der Waals surface area (Å²) in [6.07, 6.45) is 1.62. The molecule has 0 saturated heterocycles. The Morgan fingerprint density at radius 1 is 1.28 bits per heavy atom. The molecule has 0 aliphatic rings. The number of anilines is 2. The Kier molecular flexibility index (Phi) is 8.41. The highest BCUT2D eigenvalue weighted by atomic mass is 32.2. The number of esters is 1. The number of aromatic nitrogens is 2. The van der Waals surface area contributed by atoms with Gasteiger partial charge in [0, 0.05) is 13.0 Å². The minimum atomic E-state index is -3.47. The Bertz CT molecular complexity index is 961. The number of methoxy groups -OCH3 is 1. The summed E-state index contributed by atoms with van der Waals surface area (Å²) in [5.41, 5.74) is 1.44. The lowest BCUT2D eigenvalue weighted by atomic mass is 10.2. The van der Waals surface area contributed by atoms with Gasteiger partial charge in [0.25, 0.3) is 0 Å². The molecule has 0 fully saturated rings. The molecule has 158 valence electrons. The average molecular weight is 459 g/mol. The van der Waals surface area contributed by atoms with Crippen molar-refractivity contribution in [3.8, 4) is 0 Å². The first-order valence-corrected chi connectivity index (χ1v) is 12.2. The number of carbonyl (C=O) groups is 2. The summed E-state index contributed by atoms with van der Waals surface area (Å²) in [7, 11) is -2.16. The van der Waals surface area contributed by atoms with Crippen molar-refractivity contribution in [1.29, 1.82) is 0 Å². The molecule has 1 heterocycles. The Labute approximate surface area is 177 Å². The molecule has 1 amide bonds. The van der Waals surface area contributed by atoms with E-state index in [4.69, 9.17) is 0 Å². The minimum absolute atomic E-state index is 0.110. The van der Waals surface area contributed by atoms with Gasteiger partial charge in [0.2, 0.25) is 21.1 Å². The molecule has 0 saturated carbocycles. The normalized spacial score (nSPS) is 11.1. The van der Waals surface area contributed by atoms with Crippen molar-refractivity contribution in [2.75, 3.05) is 35.3 Å². The molecule has 2 rings (SSSR count). The van der Waals surface area contributed by atoms with Gasteiger partial charge >= 0.3 is 5.97 Å². The lowest BCUT2D eigenvalue weighted by Gasteiger charge is -2.24. The first-order chi connectivity index (χ1) is 13.7. The van der Waals surface area contributed by atoms with Crippen LogP contribution in [0.1, 0.15) is 18.4 Å². The monoisotopic (exact) mass is 458 g/mol. The molecular weight excluding hydrogens is 436 g/mol. The first-order valence-electron chi connectivity index (χ1n) is 8.57. The minimum Gasteiger partial charge on any atom is -0.468 e. The second-order valence-electron chi connectivity index (χ2n) is 6.01. The van der Waals surface area contributed by atoms with Gasteiger partial charge in [-0.3, -0.25) is 13.9 Å². The van der Waals surface area contributed by atoms with E-state index in [0.29, 0.717) is 21.6 Å². The van der Waals surface area contributed by atoms with E-state index in [1.54, 1.807) is 12.1 Å². The zero-order chi connectivity index (χ0) is 21.4. The number of nitrogens with zero attached hydrogens (tertiary/aromatic N) is 3. The van der Waals surface area contributed by atoms with Gasteiger partial charge in [-0.25, -0.2) is 8.42 Å². The Hall–Kier alpha value is -2.18. The van der Waals surface area contributed by atoms with Crippen LogP contribution in [-0.4, -0.2) is 56.2 Å². The van der Waals surface area contributed by atoms with Crippen molar-refractivity contribution in [2.45, 2.75) is 24.1 Å². The zero-order valence-electron chi connectivity index (χ0n) is 16.2. The number of para-hydroxylation sites is 1. The van der Waals surface area contributed by atoms with E-state index in [1.165, 1.54) is 23.2 Å². The van der Waals surface area contributed by atoms with Crippen LogP contribution < -0.4 is 9.62 Å². The molecule has 0 atom stereocenters. The van der Waals surface area contributed by atoms with Crippen molar-refractivity contribution in [3.05, 3.63) is 29.8 Å². The van der Waals surface area contributed by atoms with Crippen molar-refractivity contribution in [3.63, 3.8) is 0 Å². The van der Waals surface area contributed by atoms with Crippen molar-refractivity contribution in [2.24, 2.45) is 0 Å². The van der Waals surface area contributed by atoms with Gasteiger partial charge in [-0.05, 0) is 25.0 Å². The number of aryl methyl sites for hydroxylation is 1. The standard InChI is InChI=1S/C17H22N4O5S3/c1-12-7-4-5-8-13(12)21(29(3,24)25)10-6-9-14(22)18-16-19-20-17(28-16)27-11-15(23)26-2/h4-5,7-8H,6,9-11H2,1-3H3,(H,18,19,22). The molecule has 0 radical (unpaired) electrons. The molecule has 1 aromatic carbocycles. The van der Waals surface area contributed by atoms with Gasteiger partial charge in [0.05, 0.1) is 24.8 Å². The SMILES string of the molecule is COC(=O)CSc1nnc(NC(=O)CCCN(c2ccccc2C)S(C)(=O)=O)s1. The molecule has 0 bridgehead atoms. The van der Waals surface area contributed by atoms with Gasteiger partial charge in [0.1, 0.15) is 0 Å². The van der Waals surface area contributed by atoms with Crippen LogP contribution in [-0.2, 0) is 24.3 Å². The van der Waals surface area contributed by atoms with E-state index < -0.39 is 10.0 Å². The number of sulfonamides is 1. The fourth-order valence-electron chi connectivity index (χ4n) is 2.37. The molecule has 0 aliphatic carbocycles. The van der Waals surface area contributed by atoms with Crippen molar-refractivity contribution >= 4 is 55.8 Å².